The third kappa shape index (κ3) is 2.05. The van der Waals surface area contributed by atoms with Gasteiger partial charge < -0.3 is 4.74 Å². The zero-order valence-corrected chi connectivity index (χ0v) is 13.2. The van der Waals surface area contributed by atoms with E-state index < -0.39 is 0 Å². The molecule has 0 saturated carbocycles. The summed E-state index contributed by atoms with van der Waals surface area (Å²) < 4.78 is 5.61. The van der Waals surface area contributed by atoms with Gasteiger partial charge in [0, 0.05) is 18.2 Å². The lowest BCUT2D eigenvalue weighted by atomic mass is 9.77. The molecule has 0 spiro atoms. The number of benzene rings is 2. The Morgan fingerprint density at radius 1 is 1.10 bits per heavy atom. The largest absolute Gasteiger partial charge is 0.496 e. The van der Waals surface area contributed by atoms with Crippen molar-refractivity contribution < 1.29 is 4.74 Å². The smallest absolute Gasteiger partial charge is 0.126 e. The molecule has 21 heavy (non-hydrogen) atoms. The molecule has 2 aliphatic rings. The number of hydrogen-bond acceptors (Lipinski definition) is 2. The first-order chi connectivity index (χ1) is 9.79. The van der Waals surface area contributed by atoms with E-state index in [1.165, 1.54) is 27.8 Å². The second-order valence-electron chi connectivity index (χ2n) is 5.82. The van der Waals surface area contributed by atoms with Crippen molar-refractivity contribution in [3.8, 4) is 16.9 Å². The molecule has 0 fully saturated rings. The summed E-state index contributed by atoms with van der Waals surface area (Å²) >= 11 is 0. The molecule has 110 valence electrons. The van der Waals surface area contributed by atoms with Crippen LogP contribution in [0, 0.1) is 0 Å². The Bertz CT molecular complexity index is 683. The van der Waals surface area contributed by atoms with Gasteiger partial charge in [-0.15, -0.1) is 12.4 Å². The fourth-order valence-electron chi connectivity index (χ4n) is 3.80. The maximum atomic E-state index is 5.61. The molecular formula is C18H20ClNO. The normalized spacial score (nSPS) is 19.2. The molecule has 0 saturated heterocycles. The van der Waals surface area contributed by atoms with E-state index in [0.29, 0.717) is 6.04 Å². The molecule has 0 radical (unpaired) electrons. The van der Waals surface area contributed by atoms with E-state index in [9.17, 15) is 0 Å². The van der Waals surface area contributed by atoms with Crippen molar-refractivity contribution in [2.24, 2.45) is 0 Å². The summed E-state index contributed by atoms with van der Waals surface area (Å²) in [6, 6.07) is 13.7. The van der Waals surface area contributed by atoms with Crippen LogP contribution in [0.5, 0.6) is 5.75 Å². The van der Waals surface area contributed by atoms with E-state index in [4.69, 9.17) is 4.74 Å². The van der Waals surface area contributed by atoms with Crippen molar-refractivity contribution in [3.05, 3.63) is 53.1 Å². The van der Waals surface area contributed by atoms with E-state index >= 15 is 0 Å². The minimum Gasteiger partial charge on any atom is -0.496 e. The average Bonchev–Trinajstić information content (AvgIpc) is 2.50. The number of likely N-dealkylation sites (N-methyl/N-ethyl adjacent to an activating group) is 1. The first-order valence-electron chi connectivity index (χ1n) is 7.28. The molecule has 2 nitrogen and oxygen atoms in total. The van der Waals surface area contributed by atoms with Crippen LogP contribution < -0.4 is 4.74 Å². The number of methoxy groups -OCH3 is 1. The summed E-state index contributed by atoms with van der Waals surface area (Å²) in [5.41, 5.74) is 7.13. The maximum absolute atomic E-state index is 5.61. The molecule has 1 aliphatic carbocycles. The second-order valence-corrected chi connectivity index (χ2v) is 5.82. The van der Waals surface area contributed by atoms with Crippen molar-refractivity contribution in [2.75, 3.05) is 20.7 Å². The van der Waals surface area contributed by atoms with Gasteiger partial charge in [-0.2, -0.15) is 0 Å². The number of fused-ring (bicyclic) bond motifs is 2. The minimum absolute atomic E-state index is 0. The van der Waals surface area contributed by atoms with Gasteiger partial charge in [0.15, 0.2) is 0 Å². The Kier molecular flexibility index (Phi) is 3.68. The highest BCUT2D eigenvalue weighted by atomic mass is 35.5. The fraction of sp³-hybridized carbons (Fsp3) is 0.333. The topological polar surface area (TPSA) is 12.5 Å². The third-order valence-corrected chi connectivity index (χ3v) is 4.81. The lowest BCUT2D eigenvalue weighted by molar-refractivity contribution is 0.228. The zero-order valence-electron chi connectivity index (χ0n) is 12.4. The molecular weight excluding hydrogens is 282 g/mol. The van der Waals surface area contributed by atoms with Crippen molar-refractivity contribution in [1.82, 2.24) is 4.90 Å². The lowest BCUT2D eigenvalue weighted by Crippen LogP contribution is -2.35. The number of halogens is 1. The van der Waals surface area contributed by atoms with Gasteiger partial charge in [-0.25, -0.2) is 0 Å². The molecule has 1 unspecified atom stereocenters. The van der Waals surface area contributed by atoms with Crippen molar-refractivity contribution in [3.63, 3.8) is 0 Å². The highest BCUT2D eigenvalue weighted by molar-refractivity contribution is 5.85. The van der Waals surface area contributed by atoms with E-state index in [-0.39, 0.29) is 12.4 Å². The maximum Gasteiger partial charge on any atom is 0.126 e. The number of nitrogens with zero attached hydrogens (tertiary/aromatic N) is 1. The van der Waals surface area contributed by atoms with Gasteiger partial charge in [-0.1, -0.05) is 30.3 Å². The second kappa shape index (κ2) is 5.36. The fourth-order valence-corrected chi connectivity index (χ4v) is 3.80. The van der Waals surface area contributed by atoms with Gasteiger partial charge in [0.2, 0.25) is 0 Å². The van der Waals surface area contributed by atoms with Crippen molar-refractivity contribution in [1.29, 1.82) is 0 Å². The van der Waals surface area contributed by atoms with Crippen LogP contribution in [0.2, 0.25) is 0 Å². The van der Waals surface area contributed by atoms with Gasteiger partial charge in [-0.05, 0) is 48.2 Å². The van der Waals surface area contributed by atoms with Crippen LogP contribution in [-0.4, -0.2) is 25.6 Å². The van der Waals surface area contributed by atoms with Crippen LogP contribution >= 0.6 is 12.4 Å². The van der Waals surface area contributed by atoms with E-state index in [0.717, 1.165) is 25.1 Å². The first kappa shape index (κ1) is 14.4. The molecule has 1 atom stereocenters. The summed E-state index contributed by atoms with van der Waals surface area (Å²) in [6.45, 7) is 1.15. The molecule has 0 aromatic heterocycles. The zero-order chi connectivity index (χ0) is 13.7. The summed E-state index contributed by atoms with van der Waals surface area (Å²) in [4.78, 5) is 2.49. The third-order valence-electron chi connectivity index (χ3n) is 4.81. The molecule has 2 aromatic carbocycles. The molecule has 1 aliphatic heterocycles. The molecule has 2 aromatic rings. The highest BCUT2D eigenvalue weighted by Gasteiger charge is 2.33. The SMILES string of the molecule is COc1cccc2c1-c1cccc3c1C(C2)N(C)CC3.Cl. The summed E-state index contributed by atoms with van der Waals surface area (Å²) in [6.07, 6.45) is 2.24. The van der Waals surface area contributed by atoms with Crippen molar-refractivity contribution in [2.45, 2.75) is 18.9 Å². The van der Waals surface area contributed by atoms with Gasteiger partial charge in [0.1, 0.15) is 5.75 Å². The predicted molar refractivity (Wildman–Crippen MR) is 88.5 cm³/mol. The number of ether oxygens (including phenoxy) is 1. The monoisotopic (exact) mass is 301 g/mol. The highest BCUT2D eigenvalue weighted by Crippen LogP contribution is 2.47. The van der Waals surface area contributed by atoms with Gasteiger partial charge in [-0.3, -0.25) is 4.90 Å². The quantitative estimate of drug-likeness (QED) is 0.793. The first-order valence-corrected chi connectivity index (χ1v) is 7.28. The van der Waals surface area contributed by atoms with Crippen LogP contribution in [0.4, 0.5) is 0 Å². The standard InChI is InChI=1S/C18H19NO.ClH/c1-19-10-9-12-5-3-7-14-17(12)15(19)11-13-6-4-8-16(20-2)18(13)14;/h3-8,15H,9-11H2,1-2H3;1H. The molecule has 0 amide bonds. The Balaban J connectivity index is 0.00000132. The van der Waals surface area contributed by atoms with E-state index in [1.54, 1.807) is 7.11 Å². The van der Waals surface area contributed by atoms with Crippen molar-refractivity contribution >= 4 is 12.4 Å². The van der Waals surface area contributed by atoms with E-state index in [1.807, 2.05) is 0 Å². The number of rotatable bonds is 1. The minimum atomic E-state index is 0. The Hall–Kier alpha value is -1.51. The Labute approximate surface area is 132 Å². The summed E-state index contributed by atoms with van der Waals surface area (Å²) in [5, 5.41) is 0. The van der Waals surface area contributed by atoms with Crippen LogP contribution in [0.15, 0.2) is 36.4 Å². The van der Waals surface area contributed by atoms with Crippen LogP contribution in [-0.2, 0) is 12.8 Å². The molecule has 3 heteroatoms. The Morgan fingerprint density at radius 2 is 1.86 bits per heavy atom. The predicted octanol–water partition coefficient (Wildman–Crippen LogP) is 3.87. The Morgan fingerprint density at radius 3 is 2.67 bits per heavy atom. The average molecular weight is 302 g/mol. The number of hydrogen-bond donors (Lipinski definition) is 0. The van der Waals surface area contributed by atoms with Gasteiger partial charge >= 0.3 is 0 Å². The lowest BCUT2D eigenvalue weighted by Gasteiger charge is -2.40. The van der Waals surface area contributed by atoms with Crippen LogP contribution in [0.25, 0.3) is 11.1 Å². The summed E-state index contributed by atoms with van der Waals surface area (Å²) in [5.74, 6) is 1.00. The molecule has 0 bridgehead atoms. The summed E-state index contributed by atoms with van der Waals surface area (Å²) in [7, 11) is 4.01. The molecule has 1 heterocycles. The van der Waals surface area contributed by atoms with Gasteiger partial charge in [0.25, 0.3) is 0 Å². The molecule has 4 rings (SSSR count). The van der Waals surface area contributed by atoms with Crippen LogP contribution in [0.3, 0.4) is 0 Å². The van der Waals surface area contributed by atoms with E-state index in [2.05, 4.69) is 48.3 Å². The van der Waals surface area contributed by atoms with Gasteiger partial charge in [0.05, 0.1) is 7.11 Å². The molecule has 0 N–H and O–H groups in total. The van der Waals surface area contributed by atoms with Crippen LogP contribution in [0.1, 0.15) is 22.7 Å².